The van der Waals surface area contributed by atoms with Crippen LogP contribution in [0.25, 0.3) is 0 Å². The van der Waals surface area contributed by atoms with Crippen molar-refractivity contribution in [1.82, 2.24) is 4.98 Å². The van der Waals surface area contributed by atoms with Gasteiger partial charge in [-0.1, -0.05) is 279 Å². The number of amides is 6. The van der Waals surface area contributed by atoms with Gasteiger partial charge in [0.2, 0.25) is 35.4 Å². The molecule has 6 saturated carbocycles. The molecule has 122 heavy (non-hydrogen) atoms. The molecule has 12 atom stereocenters. The highest BCUT2D eigenvalue weighted by molar-refractivity contribution is 6.30. The summed E-state index contributed by atoms with van der Waals surface area (Å²) in [4.78, 5) is 77.4. The van der Waals surface area contributed by atoms with E-state index in [1.807, 2.05) is 198 Å². The lowest BCUT2D eigenvalue weighted by Gasteiger charge is -2.07. The molecule has 18 rings (SSSR count). The first-order valence-electron chi connectivity index (χ1n) is 43.1. The van der Waals surface area contributed by atoms with Gasteiger partial charge in [-0.2, -0.15) is 0 Å². The monoisotopic (exact) mass is 1640 g/mol. The highest BCUT2D eigenvalue weighted by Crippen LogP contribution is 2.53. The number of aromatic nitrogens is 1. The molecule has 0 spiro atoms. The van der Waals surface area contributed by atoms with Crippen LogP contribution in [0.15, 0.2) is 297 Å². The number of carbonyl (C=O) groups is 6. The number of aryl methyl sites for hydroxylation is 7. The zero-order chi connectivity index (χ0) is 86.1. The maximum absolute atomic E-state index is 12.3. The van der Waals surface area contributed by atoms with E-state index in [0.717, 1.165) is 83.4 Å². The molecular formula is C108H114ClN7O6. The minimum atomic E-state index is 0.0810. The van der Waals surface area contributed by atoms with Crippen molar-refractivity contribution >= 4 is 81.2 Å². The van der Waals surface area contributed by atoms with E-state index in [1.54, 1.807) is 6.20 Å². The summed E-state index contributed by atoms with van der Waals surface area (Å²) in [6.07, 6.45) is 7.40. The summed E-state index contributed by atoms with van der Waals surface area (Å²) < 4.78 is 0. The van der Waals surface area contributed by atoms with Gasteiger partial charge in [0.15, 0.2) is 0 Å². The van der Waals surface area contributed by atoms with Gasteiger partial charge in [0.25, 0.3) is 0 Å². The third kappa shape index (κ3) is 25.4. The largest absolute Gasteiger partial charge is 0.326 e. The Morgan fingerprint density at radius 1 is 0.254 bits per heavy atom. The fourth-order valence-corrected chi connectivity index (χ4v) is 15.6. The van der Waals surface area contributed by atoms with Gasteiger partial charge in [-0.05, 0) is 264 Å². The quantitative estimate of drug-likeness (QED) is 0.0438. The summed E-state index contributed by atoms with van der Waals surface area (Å²) in [6.45, 7) is 23.1. The second kappa shape index (κ2) is 40.8. The van der Waals surface area contributed by atoms with Crippen LogP contribution in [0.1, 0.15) is 197 Å². The van der Waals surface area contributed by atoms with Crippen LogP contribution in [0.2, 0.25) is 5.02 Å². The molecule has 6 amide bonds. The molecule has 6 N–H and O–H groups in total. The average Bonchev–Trinajstić information content (AvgIpc) is 1.66. The maximum atomic E-state index is 12.3. The molecule has 14 heteroatoms. The smallest absolute Gasteiger partial charge is 0.228 e. The number of pyridine rings is 1. The molecule has 0 aliphatic heterocycles. The number of hydrogen-bond donors (Lipinski definition) is 6. The Bertz CT molecular complexity index is 5130. The lowest BCUT2D eigenvalue weighted by atomic mass is 10.00. The third-order valence-electron chi connectivity index (χ3n) is 23.9. The molecule has 6 aliphatic carbocycles. The van der Waals surface area contributed by atoms with Crippen LogP contribution in [0.4, 0.5) is 34.1 Å². The first-order chi connectivity index (χ1) is 58.8. The van der Waals surface area contributed by atoms with Crippen LogP contribution in [0.5, 0.6) is 0 Å². The van der Waals surface area contributed by atoms with Gasteiger partial charge < -0.3 is 31.9 Å². The molecule has 6 aliphatic rings. The van der Waals surface area contributed by atoms with Gasteiger partial charge in [0, 0.05) is 74.7 Å². The predicted octanol–water partition coefficient (Wildman–Crippen LogP) is 25.0. The normalized spacial score (nSPS) is 20.4. The molecule has 13 nitrogen and oxygen atoms in total. The van der Waals surface area contributed by atoms with Crippen LogP contribution < -0.4 is 31.9 Å². The van der Waals surface area contributed by atoms with Crippen molar-refractivity contribution in [3.8, 4) is 0 Å². The number of anilines is 6. The van der Waals surface area contributed by atoms with E-state index in [9.17, 15) is 28.8 Å². The zero-order valence-corrected chi connectivity index (χ0v) is 72.6. The number of nitrogens with one attached hydrogen (secondary N) is 6. The zero-order valence-electron chi connectivity index (χ0n) is 71.9. The molecule has 1 heterocycles. The van der Waals surface area contributed by atoms with Crippen LogP contribution in [-0.4, -0.2) is 40.4 Å². The summed E-state index contributed by atoms with van der Waals surface area (Å²) in [5.74, 6) is 4.76. The number of para-hydroxylation sites is 2. The van der Waals surface area contributed by atoms with Crippen molar-refractivity contribution in [3.05, 3.63) is 386 Å². The molecule has 0 radical (unpaired) electrons. The van der Waals surface area contributed by atoms with Crippen molar-refractivity contribution in [2.24, 2.45) is 35.5 Å². The standard InChI is InChI=1S/C20H23NO.C19H22N2O.C18H19NO.C17H16ClNO.2C17H17NO/c1-13(2)15-6-8-16(9-7-15)18-12-19(18)20(22)21-17-10-4-14(3)5-11-17;1-12(2)14-5-7-15(8-6-14)17-10-18(17)19(22)21-16-9-4-13(3)20-11-16;1-12-3-7-14(8-4-12)16-11-17(16)18(20)19-15-9-5-13(2)6-10-15;1-11-2-8-14(9-3-11)19-17(20)16-10-15(16)12-4-6-13(18)7-5-12;2*1-12-7-9-13(10-8-12)15-11-16(15)17(19)18-14-5-3-2-4-6-14/h4-11,13,18-19H,12H2,1-3H3,(H,21,22);4-9,11-12,17-18H,10H2,1-3H3,(H,21,22);3-10,16-17H,11H2,1-2H3,(H,19,20);2-9,15-16H,10H2,1H3,(H,19,20);2*2-10,15-16H,11H2,1H3,(H,18,19). The third-order valence-corrected chi connectivity index (χ3v) is 24.1. The maximum Gasteiger partial charge on any atom is 0.228 e. The van der Waals surface area contributed by atoms with Crippen LogP contribution in [0, 0.1) is 84.0 Å². The van der Waals surface area contributed by atoms with Gasteiger partial charge in [-0.3, -0.25) is 33.8 Å². The Labute approximate surface area is 725 Å². The minimum Gasteiger partial charge on any atom is -0.326 e. The number of benzene rings is 11. The fourth-order valence-electron chi connectivity index (χ4n) is 15.4. The van der Waals surface area contributed by atoms with Gasteiger partial charge in [-0.15, -0.1) is 0 Å². The molecule has 11 aromatic carbocycles. The number of nitrogens with zero attached hydrogens (tertiary/aromatic N) is 1. The lowest BCUT2D eigenvalue weighted by Crippen LogP contribution is -2.14. The van der Waals surface area contributed by atoms with Crippen molar-refractivity contribution in [2.75, 3.05) is 31.9 Å². The Balaban J connectivity index is 0.000000126. The van der Waals surface area contributed by atoms with E-state index in [-0.39, 0.29) is 71.0 Å². The molecule has 624 valence electrons. The first-order valence-corrected chi connectivity index (χ1v) is 43.4. The summed E-state index contributed by atoms with van der Waals surface area (Å²) in [5.41, 5.74) is 23.8. The van der Waals surface area contributed by atoms with Gasteiger partial charge in [0.1, 0.15) is 0 Å². The van der Waals surface area contributed by atoms with Crippen LogP contribution >= 0.6 is 11.6 Å². The number of hydrogen-bond acceptors (Lipinski definition) is 7. The number of carbonyl (C=O) groups excluding carboxylic acids is 6. The highest BCUT2D eigenvalue weighted by atomic mass is 35.5. The van der Waals surface area contributed by atoms with E-state index in [2.05, 4.69) is 207 Å². The van der Waals surface area contributed by atoms with E-state index in [4.69, 9.17) is 11.6 Å². The molecule has 1 aromatic heterocycles. The Kier molecular flexibility index (Phi) is 29.3. The first kappa shape index (κ1) is 87.5. The van der Waals surface area contributed by atoms with Crippen LogP contribution in [0.3, 0.4) is 0 Å². The Hall–Kier alpha value is -12.3. The topological polar surface area (TPSA) is 187 Å². The molecule has 0 saturated heterocycles. The van der Waals surface area contributed by atoms with Crippen molar-refractivity contribution in [2.45, 2.75) is 162 Å². The van der Waals surface area contributed by atoms with E-state index >= 15 is 0 Å². The van der Waals surface area contributed by atoms with Gasteiger partial charge in [0.05, 0.1) is 11.9 Å². The molecule has 12 aromatic rings. The summed E-state index contributed by atoms with van der Waals surface area (Å²) in [5, 5.41) is 18.6. The number of halogens is 1. The van der Waals surface area contributed by atoms with Crippen molar-refractivity contribution in [1.29, 1.82) is 0 Å². The van der Waals surface area contributed by atoms with Gasteiger partial charge >= 0.3 is 0 Å². The van der Waals surface area contributed by atoms with Crippen molar-refractivity contribution < 1.29 is 28.8 Å². The Morgan fingerprint density at radius 3 is 0.672 bits per heavy atom. The highest BCUT2D eigenvalue weighted by Gasteiger charge is 2.48. The minimum absolute atomic E-state index is 0.0810. The second-order valence-electron chi connectivity index (χ2n) is 34.6. The fraction of sp³-hybridized carbons (Fsp3) is 0.287. The molecular weight excluding hydrogens is 1530 g/mol. The SMILES string of the molecule is Cc1ccc(C2CC2C(=O)Nc2ccccc2)cc1.Cc1ccc(C2CC2C(=O)Nc2ccccc2)cc1.Cc1ccc(NC(=O)C2CC2c2ccc(C(C)C)cc2)cc1.Cc1ccc(NC(=O)C2CC2c2ccc(C(C)C)cc2)cn1.Cc1ccc(NC(=O)C2CC2c2ccc(C)cc2)cc1.Cc1ccc(NC(=O)C2CC2c2ccc(Cl)cc2)cc1. The number of rotatable bonds is 20. The molecule has 0 bridgehead atoms. The van der Waals surface area contributed by atoms with E-state index in [1.165, 1.54) is 77.9 Å². The average molecular weight is 1640 g/mol. The molecule has 12 unspecified atom stereocenters. The van der Waals surface area contributed by atoms with Gasteiger partial charge in [-0.25, -0.2) is 0 Å². The second-order valence-corrected chi connectivity index (χ2v) is 35.0. The van der Waals surface area contributed by atoms with Crippen LogP contribution in [-0.2, 0) is 28.8 Å². The molecule has 6 fully saturated rings. The van der Waals surface area contributed by atoms with Crippen molar-refractivity contribution in [3.63, 3.8) is 0 Å². The summed E-state index contributed by atoms with van der Waals surface area (Å²) >= 11 is 5.88. The van der Waals surface area contributed by atoms with E-state index in [0.29, 0.717) is 47.3 Å². The predicted molar refractivity (Wildman–Crippen MR) is 498 cm³/mol. The lowest BCUT2D eigenvalue weighted by molar-refractivity contribution is -0.118. The van der Waals surface area contributed by atoms with E-state index < -0.39 is 0 Å². The summed E-state index contributed by atoms with van der Waals surface area (Å²) in [7, 11) is 0. The Morgan fingerprint density at radius 2 is 0.451 bits per heavy atom. The summed E-state index contributed by atoms with van der Waals surface area (Å²) in [6, 6.07) is 97.5.